The van der Waals surface area contributed by atoms with E-state index in [1.165, 1.54) is 5.56 Å². The van der Waals surface area contributed by atoms with Crippen LogP contribution < -0.4 is 0 Å². The standard InChI is InChI=1S/C24H34N4O2/c1-19-17-20(2)28(25-19)16-8-14-26(3)24(30)22-12-13-23(29)27(18-22)15-7-11-21-9-5-4-6-10-21/h4-6,9-10,17,22H,7-8,11-16,18H2,1-3H3/t22-/m0/s1. The van der Waals surface area contributed by atoms with Gasteiger partial charge in [-0.25, -0.2) is 0 Å². The first kappa shape index (κ1) is 22.1. The van der Waals surface area contributed by atoms with E-state index in [2.05, 4.69) is 30.2 Å². The summed E-state index contributed by atoms with van der Waals surface area (Å²) in [6.45, 7) is 6.84. The van der Waals surface area contributed by atoms with E-state index in [1.807, 2.05) is 46.7 Å². The van der Waals surface area contributed by atoms with Crippen molar-refractivity contribution in [3.05, 3.63) is 53.3 Å². The van der Waals surface area contributed by atoms with Crippen molar-refractivity contribution in [2.24, 2.45) is 5.92 Å². The number of hydrogen-bond donors (Lipinski definition) is 0. The van der Waals surface area contributed by atoms with Crippen LogP contribution in [0.5, 0.6) is 0 Å². The number of carbonyl (C=O) groups excluding carboxylic acids is 2. The SMILES string of the molecule is Cc1cc(C)n(CCCN(C)C(=O)[C@H]2CCC(=O)N(CCCc3ccccc3)C2)n1. The maximum atomic E-state index is 12.9. The second-order valence-electron chi connectivity index (χ2n) is 8.43. The lowest BCUT2D eigenvalue weighted by atomic mass is 9.95. The van der Waals surface area contributed by atoms with Crippen LogP contribution in [0.25, 0.3) is 0 Å². The molecule has 6 heteroatoms. The van der Waals surface area contributed by atoms with Crippen LogP contribution in [0, 0.1) is 19.8 Å². The Labute approximate surface area is 179 Å². The summed E-state index contributed by atoms with van der Waals surface area (Å²) >= 11 is 0. The number of piperidine rings is 1. The maximum absolute atomic E-state index is 12.9. The van der Waals surface area contributed by atoms with E-state index >= 15 is 0 Å². The number of benzene rings is 1. The van der Waals surface area contributed by atoms with Gasteiger partial charge in [0.05, 0.1) is 11.6 Å². The second kappa shape index (κ2) is 10.4. The van der Waals surface area contributed by atoms with E-state index in [-0.39, 0.29) is 17.7 Å². The van der Waals surface area contributed by atoms with Crippen LogP contribution in [0.2, 0.25) is 0 Å². The third kappa shape index (κ3) is 5.94. The number of aryl methyl sites for hydroxylation is 4. The lowest BCUT2D eigenvalue weighted by molar-refractivity contribution is -0.142. The molecule has 0 N–H and O–H groups in total. The van der Waals surface area contributed by atoms with Crippen molar-refractivity contribution in [2.45, 2.75) is 52.5 Å². The molecule has 0 unspecified atom stereocenters. The molecule has 30 heavy (non-hydrogen) atoms. The molecule has 1 fully saturated rings. The summed E-state index contributed by atoms with van der Waals surface area (Å²) in [5.41, 5.74) is 3.46. The summed E-state index contributed by atoms with van der Waals surface area (Å²) in [5, 5.41) is 4.48. The highest BCUT2D eigenvalue weighted by Crippen LogP contribution is 2.20. The molecule has 1 atom stereocenters. The van der Waals surface area contributed by atoms with Gasteiger partial charge in [-0.2, -0.15) is 5.10 Å². The van der Waals surface area contributed by atoms with E-state index in [0.717, 1.165) is 43.7 Å². The van der Waals surface area contributed by atoms with Crippen molar-refractivity contribution in [3.8, 4) is 0 Å². The Morgan fingerprint density at radius 1 is 1.17 bits per heavy atom. The summed E-state index contributed by atoms with van der Waals surface area (Å²) in [4.78, 5) is 29.0. The normalized spacial score (nSPS) is 16.7. The molecule has 2 amide bonds. The zero-order chi connectivity index (χ0) is 21.5. The number of hydrogen-bond acceptors (Lipinski definition) is 3. The summed E-state index contributed by atoms with van der Waals surface area (Å²) in [6, 6.07) is 12.4. The second-order valence-corrected chi connectivity index (χ2v) is 8.43. The maximum Gasteiger partial charge on any atom is 0.227 e. The van der Waals surface area contributed by atoms with Crippen molar-refractivity contribution in [1.82, 2.24) is 19.6 Å². The summed E-state index contributed by atoms with van der Waals surface area (Å²) < 4.78 is 2.00. The minimum absolute atomic E-state index is 0.0851. The van der Waals surface area contributed by atoms with Crippen LogP contribution >= 0.6 is 0 Å². The van der Waals surface area contributed by atoms with E-state index < -0.39 is 0 Å². The zero-order valence-corrected chi connectivity index (χ0v) is 18.5. The van der Waals surface area contributed by atoms with Crippen LogP contribution in [-0.4, -0.2) is 58.1 Å². The van der Waals surface area contributed by atoms with E-state index in [0.29, 0.717) is 25.9 Å². The molecular formula is C24H34N4O2. The first-order valence-corrected chi connectivity index (χ1v) is 11.0. The van der Waals surface area contributed by atoms with Crippen molar-refractivity contribution in [1.29, 1.82) is 0 Å². The van der Waals surface area contributed by atoms with Gasteiger partial charge in [-0.05, 0) is 51.2 Å². The fourth-order valence-corrected chi connectivity index (χ4v) is 4.23. The minimum atomic E-state index is -0.0851. The molecule has 6 nitrogen and oxygen atoms in total. The Balaban J connectivity index is 1.44. The Bertz CT molecular complexity index is 846. The fourth-order valence-electron chi connectivity index (χ4n) is 4.23. The van der Waals surface area contributed by atoms with Gasteiger partial charge in [0.15, 0.2) is 0 Å². The predicted octanol–water partition coefficient (Wildman–Crippen LogP) is 3.22. The number of aromatic nitrogens is 2. The minimum Gasteiger partial charge on any atom is -0.345 e. The molecule has 1 aromatic carbocycles. The molecule has 1 aliphatic heterocycles. The molecule has 0 saturated carbocycles. The Morgan fingerprint density at radius 3 is 2.63 bits per heavy atom. The van der Waals surface area contributed by atoms with E-state index in [4.69, 9.17) is 0 Å². The quantitative estimate of drug-likeness (QED) is 0.638. The third-order valence-electron chi connectivity index (χ3n) is 5.93. The zero-order valence-electron chi connectivity index (χ0n) is 18.5. The molecule has 0 aliphatic carbocycles. The molecule has 2 heterocycles. The molecule has 1 aliphatic rings. The van der Waals surface area contributed by atoms with Crippen molar-refractivity contribution < 1.29 is 9.59 Å². The number of amides is 2. The molecule has 2 aromatic rings. The lowest BCUT2D eigenvalue weighted by Crippen LogP contribution is -2.46. The third-order valence-corrected chi connectivity index (χ3v) is 5.93. The molecule has 0 spiro atoms. The van der Waals surface area contributed by atoms with Crippen LogP contribution in [0.4, 0.5) is 0 Å². The monoisotopic (exact) mass is 410 g/mol. The Morgan fingerprint density at radius 2 is 1.93 bits per heavy atom. The molecular weight excluding hydrogens is 376 g/mol. The largest absolute Gasteiger partial charge is 0.345 e. The Hall–Kier alpha value is -2.63. The van der Waals surface area contributed by atoms with Gasteiger partial charge in [0.25, 0.3) is 0 Å². The Kier molecular flexibility index (Phi) is 7.66. The average Bonchev–Trinajstić information content (AvgIpc) is 3.06. The van der Waals surface area contributed by atoms with Gasteiger partial charge in [0, 0.05) is 45.3 Å². The lowest BCUT2D eigenvalue weighted by Gasteiger charge is -2.34. The molecule has 162 valence electrons. The molecule has 0 bridgehead atoms. The topological polar surface area (TPSA) is 58.4 Å². The van der Waals surface area contributed by atoms with Gasteiger partial charge in [-0.3, -0.25) is 14.3 Å². The molecule has 1 saturated heterocycles. The highest BCUT2D eigenvalue weighted by Gasteiger charge is 2.31. The molecule has 1 aromatic heterocycles. The van der Waals surface area contributed by atoms with Gasteiger partial charge in [0.2, 0.25) is 11.8 Å². The van der Waals surface area contributed by atoms with Crippen molar-refractivity contribution in [2.75, 3.05) is 26.7 Å². The van der Waals surface area contributed by atoms with Gasteiger partial charge < -0.3 is 9.80 Å². The first-order valence-electron chi connectivity index (χ1n) is 11.0. The molecule has 0 radical (unpaired) electrons. The number of rotatable bonds is 9. The van der Waals surface area contributed by atoms with Gasteiger partial charge >= 0.3 is 0 Å². The smallest absolute Gasteiger partial charge is 0.227 e. The van der Waals surface area contributed by atoms with E-state index in [1.54, 1.807) is 0 Å². The average molecular weight is 411 g/mol. The van der Waals surface area contributed by atoms with Crippen molar-refractivity contribution >= 4 is 11.8 Å². The molecule has 3 rings (SSSR count). The van der Waals surface area contributed by atoms with Crippen LogP contribution in [-0.2, 0) is 22.6 Å². The number of nitrogens with zero attached hydrogens (tertiary/aromatic N) is 4. The predicted molar refractivity (Wildman–Crippen MR) is 118 cm³/mol. The highest BCUT2D eigenvalue weighted by molar-refractivity contribution is 5.83. The van der Waals surface area contributed by atoms with Crippen LogP contribution in [0.15, 0.2) is 36.4 Å². The van der Waals surface area contributed by atoms with Crippen LogP contribution in [0.1, 0.15) is 42.6 Å². The van der Waals surface area contributed by atoms with Gasteiger partial charge in [0.1, 0.15) is 0 Å². The first-order chi connectivity index (χ1) is 14.4. The number of carbonyl (C=O) groups is 2. The van der Waals surface area contributed by atoms with Crippen molar-refractivity contribution in [3.63, 3.8) is 0 Å². The fraction of sp³-hybridized carbons (Fsp3) is 0.542. The van der Waals surface area contributed by atoms with E-state index in [9.17, 15) is 9.59 Å². The summed E-state index contributed by atoms with van der Waals surface area (Å²) in [5.74, 6) is 0.251. The van der Waals surface area contributed by atoms with Crippen LogP contribution in [0.3, 0.4) is 0 Å². The summed E-state index contributed by atoms with van der Waals surface area (Å²) in [6.07, 6.45) is 3.89. The highest BCUT2D eigenvalue weighted by atomic mass is 16.2. The number of likely N-dealkylation sites (tertiary alicyclic amines) is 1. The van der Waals surface area contributed by atoms with Gasteiger partial charge in [-0.15, -0.1) is 0 Å². The van der Waals surface area contributed by atoms with Gasteiger partial charge in [-0.1, -0.05) is 30.3 Å². The summed E-state index contributed by atoms with van der Waals surface area (Å²) in [7, 11) is 1.87.